The zero-order valence-corrected chi connectivity index (χ0v) is 15.6. The number of nitrogens with zero attached hydrogens (tertiary/aromatic N) is 3. The van der Waals surface area contributed by atoms with E-state index in [1.165, 1.54) is 11.3 Å². The molecule has 0 aromatic carbocycles. The van der Waals surface area contributed by atoms with Gasteiger partial charge in [0.25, 0.3) is 5.91 Å². The number of carbonyl (C=O) groups excluding carboxylic acids is 1. The van der Waals surface area contributed by atoms with Crippen molar-refractivity contribution in [1.82, 2.24) is 15.2 Å². The summed E-state index contributed by atoms with van der Waals surface area (Å²) in [6, 6.07) is 2.44. The summed E-state index contributed by atoms with van der Waals surface area (Å²) >= 11 is 3.21. The smallest absolute Gasteiger partial charge is 0.264 e. The normalized spacial score (nSPS) is 18.6. The van der Waals surface area contributed by atoms with Crippen LogP contribution in [0.5, 0.6) is 0 Å². The number of nitrogens with one attached hydrogen (secondary N) is 1. The summed E-state index contributed by atoms with van der Waals surface area (Å²) in [5.74, 6) is 0.157. The highest BCUT2D eigenvalue weighted by atomic mass is 32.1. The van der Waals surface area contributed by atoms with Gasteiger partial charge in [0.15, 0.2) is 5.13 Å². The lowest BCUT2D eigenvalue weighted by molar-refractivity contribution is 0.0703. The standard InChI is InChI=1S/C16H24N4OS2/c1-4-19(5-2)16-18-14-12(23-16)9-13(22-14)15(21)20-8-6-7-11(10-20)17-3/h9,11,17H,4-8,10H2,1-3H3. The van der Waals surface area contributed by atoms with Crippen molar-refractivity contribution >= 4 is 43.2 Å². The number of piperidine rings is 1. The Morgan fingerprint density at radius 1 is 1.43 bits per heavy atom. The van der Waals surface area contributed by atoms with Crippen molar-refractivity contribution < 1.29 is 4.79 Å². The van der Waals surface area contributed by atoms with E-state index in [1.807, 2.05) is 18.0 Å². The van der Waals surface area contributed by atoms with Crippen LogP contribution in [0.1, 0.15) is 36.4 Å². The van der Waals surface area contributed by atoms with Crippen LogP contribution < -0.4 is 10.2 Å². The summed E-state index contributed by atoms with van der Waals surface area (Å²) in [4.78, 5) is 23.5. The highest BCUT2D eigenvalue weighted by Crippen LogP contribution is 2.35. The molecule has 0 bridgehead atoms. The topological polar surface area (TPSA) is 48.5 Å². The number of thiazole rings is 1. The summed E-state index contributed by atoms with van der Waals surface area (Å²) < 4.78 is 1.13. The molecular formula is C16H24N4OS2. The molecule has 2 aromatic rings. The molecule has 126 valence electrons. The Balaban J connectivity index is 1.78. The molecule has 1 aliphatic rings. The van der Waals surface area contributed by atoms with Crippen LogP contribution in [0.2, 0.25) is 0 Å². The first-order chi connectivity index (χ1) is 11.2. The lowest BCUT2D eigenvalue weighted by atomic mass is 10.1. The lowest BCUT2D eigenvalue weighted by Gasteiger charge is -2.32. The predicted molar refractivity (Wildman–Crippen MR) is 99.0 cm³/mol. The summed E-state index contributed by atoms with van der Waals surface area (Å²) in [7, 11) is 1.97. The molecule has 5 nitrogen and oxygen atoms in total. The molecule has 2 aromatic heterocycles. The third-order valence-corrected chi connectivity index (χ3v) is 6.65. The number of carbonyl (C=O) groups is 1. The minimum atomic E-state index is 0.157. The van der Waals surface area contributed by atoms with E-state index in [9.17, 15) is 4.79 Å². The predicted octanol–water partition coefficient (Wildman–Crippen LogP) is 3.03. The highest BCUT2D eigenvalue weighted by Gasteiger charge is 2.25. The molecule has 0 saturated carbocycles. The largest absolute Gasteiger partial charge is 0.349 e. The van der Waals surface area contributed by atoms with E-state index >= 15 is 0 Å². The molecule has 1 saturated heterocycles. The Morgan fingerprint density at radius 3 is 2.87 bits per heavy atom. The van der Waals surface area contributed by atoms with E-state index in [2.05, 4.69) is 24.1 Å². The van der Waals surface area contributed by atoms with Crippen molar-refractivity contribution in [3.05, 3.63) is 10.9 Å². The van der Waals surface area contributed by atoms with Crippen molar-refractivity contribution in [3.8, 4) is 0 Å². The third-order valence-electron chi connectivity index (χ3n) is 4.44. The van der Waals surface area contributed by atoms with Crippen molar-refractivity contribution in [2.45, 2.75) is 32.7 Å². The van der Waals surface area contributed by atoms with Crippen LogP contribution in [0.15, 0.2) is 6.07 Å². The van der Waals surface area contributed by atoms with Gasteiger partial charge in [-0.1, -0.05) is 11.3 Å². The highest BCUT2D eigenvalue weighted by molar-refractivity contribution is 7.29. The van der Waals surface area contributed by atoms with Crippen LogP contribution in [0, 0.1) is 0 Å². The molecule has 3 rings (SSSR count). The van der Waals surface area contributed by atoms with Crippen LogP contribution >= 0.6 is 22.7 Å². The zero-order valence-electron chi connectivity index (χ0n) is 14.0. The molecule has 1 N–H and O–H groups in total. The fourth-order valence-corrected chi connectivity index (χ4v) is 5.32. The van der Waals surface area contributed by atoms with E-state index in [4.69, 9.17) is 4.98 Å². The average Bonchev–Trinajstić information content (AvgIpc) is 3.14. The molecule has 1 atom stereocenters. The molecule has 1 fully saturated rings. The first kappa shape index (κ1) is 16.7. The molecule has 0 radical (unpaired) electrons. The van der Waals surface area contributed by atoms with E-state index in [1.54, 1.807) is 11.3 Å². The van der Waals surface area contributed by atoms with E-state index < -0.39 is 0 Å². The van der Waals surface area contributed by atoms with Crippen LogP contribution in [-0.2, 0) is 0 Å². The number of amides is 1. The minimum absolute atomic E-state index is 0.157. The number of hydrogen-bond acceptors (Lipinski definition) is 6. The molecule has 1 aliphatic heterocycles. The Bertz CT molecular complexity index is 645. The van der Waals surface area contributed by atoms with Gasteiger partial charge in [-0.25, -0.2) is 4.98 Å². The fraction of sp³-hybridized carbons (Fsp3) is 0.625. The lowest BCUT2D eigenvalue weighted by Crippen LogP contribution is -2.46. The number of rotatable bonds is 5. The number of hydrogen-bond donors (Lipinski definition) is 1. The maximum Gasteiger partial charge on any atom is 0.264 e. The van der Waals surface area contributed by atoms with Gasteiger partial charge in [-0.05, 0) is 39.8 Å². The zero-order chi connectivity index (χ0) is 16.4. The van der Waals surface area contributed by atoms with Gasteiger partial charge >= 0.3 is 0 Å². The van der Waals surface area contributed by atoms with E-state index in [-0.39, 0.29) is 5.91 Å². The molecule has 0 aliphatic carbocycles. The van der Waals surface area contributed by atoms with E-state index in [0.717, 1.165) is 58.6 Å². The van der Waals surface area contributed by atoms with Gasteiger partial charge in [0, 0.05) is 32.2 Å². The molecule has 1 amide bonds. The van der Waals surface area contributed by atoms with Gasteiger partial charge in [0.1, 0.15) is 4.83 Å². The first-order valence-corrected chi connectivity index (χ1v) is 9.91. The van der Waals surface area contributed by atoms with Gasteiger partial charge in [-0.15, -0.1) is 11.3 Å². The van der Waals surface area contributed by atoms with Crippen LogP contribution in [0.4, 0.5) is 5.13 Å². The average molecular weight is 353 g/mol. The monoisotopic (exact) mass is 352 g/mol. The summed E-state index contributed by atoms with van der Waals surface area (Å²) in [5, 5.41) is 4.35. The second kappa shape index (κ2) is 7.15. The quantitative estimate of drug-likeness (QED) is 0.899. The molecule has 1 unspecified atom stereocenters. The van der Waals surface area contributed by atoms with Crippen molar-refractivity contribution in [2.24, 2.45) is 0 Å². The van der Waals surface area contributed by atoms with Crippen LogP contribution in [0.3, 0.4) is 0 Å². The SMILES string of the molecule is CCN(CC)c1nc2sc(C(=O)N3CCCC(NC)C3)cc2s1. The summed E-state index contributed by atoms with van der Waals surface area (Å²) in [6.45, 7) is 7.87. The van der Waals surface area contributed by atoms with Crippen LogP contribution in [-0.4, -0.2) is 55.1 Å². The number of aromatic nitrogens is 1. The van der Waals surface area contributed by atoms with E-state index in [0.29, 0.717) is 6.04 Å². The molecule has 3 heterocycles. The molecule has 0 spiro atoms. The van der Waals surface area contributed by atoms with Gasteiger partial charge in [-0.3, -0.25) is 4.79 Å². The minimum Gasteiger partial charge on any atom is -0.349 e. The fourth-order valence-electron chi connectivity index (χ4n) is 3.01. The van der Waals surface area contributed by atoms with Crippen molar-refractivity contribution in [1.29, 1.82) is 0 Å². The Hall–Kier alpha value is -1.18. The molecular weight excluding hydrogens is 328 g/mol. The summed E-state index contributed by atoms with van der Waals surface area (Å²) in [5.41, 5.74) is 0. The molecule has 7 heteroatoms. The third kappa shape index (κ3) is 3.36. The Kier molecular flexibility index (Phi) is 5.18. The first-order valence-electron chi connectivity index (χ1n) is 8.28. The Labute approximate surface area is 145 Å². The second-order valence-corrected chi connectivity index (χ2v) is 7.87. The number of likely N-dealkylation sites (tertiary alicyclic amines) is 1. The summed E-state index contributed by atoms with van der Waals surface area (Å²) in [6.07, 6.45) is 2.22. The maximum atomic E-state index is 12.7. The van der Waals surface area contributed by atoms with Gasteiger partial charge in [0.2, 0.25) is 0 Å². The second-order valence-electron chi connectivity index (χ2n) is 5.83. The maximum absolute atomic E-state index is 12.7. The van der Waals surface area contributed by atoms with Crippen molar-refractivity contribution in [2.75, 3.05) is 38.1 Å². The number of thiophene rings is 1. The number of fused-ring (bicyclic) bond motifs is 1. The van der Waals surface area contributed by atoms with Crippen LogP contribution in [0.25, 0.3) is 9.53 Å². The van der Waals surface area contributed by atoms with Crippen molar-refractivity contribution in [3.63, 3.8) is 0 Å². The van der Waals surface area contributed by atoms with Gasteiger partial charge < -0.3 is 15.1 Å². The van der Waals surface area contributed by atoms with Gasteiger partial charge in [-0.2, -0.15) is 0 Å². The Morgan fingerprint density at radius 2 is 2.22 bits per heavy atom. The molecule has 23 heavy (non-hydrogen) atoms. The van der Waals surface area contributed by atoms with Gasteiger partial charge in [0.05, 0.1) is 9.58 Å². The number of likely N-dealkylation sites (N-methyl/N-ethyl adjacent to an activating group) is 1. The number of anilines is 1.